The van der Waals surface area contributed by atoms with Crippen molar-refractivity contribution in [3.63, 3.8) is 0 Å². The molecule has 3 rings (SSSR count). The number of rotatable bonds is 5. The van der Waals surface area contributed by atoms with E-state index in [1.165, 1.54) is 0 Å². The highest BCUT2D eigenvalue weighted by Gasteiger charge is 2.33. The van der Waals surface area contributed by atoms with Crippen LogP contribution < -0.4 is 5.32 Å². The summed E-state index contributed by atoms with van der Waals surface area (Å²) in [5.74, 6) is 0.671. The van der Waals surface area contributed by atoms with E-state index in [9.17, 15) is 4.79 Å². The highest BCUT2D eigenvalue weighted by atomic mass is 32.1. The predicted octanol–water partition coefficient (Wildman–Crippen LogP) is 3.91. The monoisotopic (exact) mass is 341 g/mol. The molecule has 1 N–H and O–H groups in total. The number of thiocarbonyl (C=S) groups is 1. The highest BCUT2D eigenvalue weighted by molar-refractivity contribution is 7.81. The first kappa shape index (κ1) is 16.0. The number of benzene rings is 1. The fourth-order valence-corrected chi connectivity index (χ4v) is 2.44. The average molecular weight is 341 g/mol. The highest BCUT2D eigenvalue weighted by Crippen LogP contribution is 2.30. The molecular weight excluding hydrogens is 326 g/mol. The lowest BCUT2D eigenvalue weighted by molar-refractivity contribution is -0.137. The van der Waals surface area contributed by atoms with Gasteiger partial charge in [-0.15, -0.1) is 0 Å². The smallest absolute Gasteiger partial charge is 0.345 e. The van der Waals surface area contributed by atoms with E-state index >= 15 is 0 Å². The van der Waals surface area contributed by atoms with Gasteiger partial charge in [-0.1, -0.05) is 30.4 Å². The van der Waals surface area contributed by atoms with Gasteiger partial charge in [0.05, 0.1) is 12.9 Å². The SMILES string of the molecule is CCOC(=O)C1=C(Nc2ccccc2)O/C(=C\c2ccco2)C1=S. The number of hydrogen-bond acceptors (Lipinski definition) is 6. The maximum Gasteiger partial charge on any atom is 0.345 e. The topological polar surface area (TPSA) is 60.7 Å². The first-order chi connectivity index (χ1) is 11.7. The summed E-state index contributed by atoms with van der Waals surface area (Å²) in [5, 5.41) is 3.07. The fraction of sp³-hybridized carbons (Fsp3) is 0.111. The van der Waals surface area contributed by atoms with Gasteiger partial charge in [0, 0.05) is 11.8 Å². The van der Waals surface area contributed by atoms with Gasteiger partial charge < -0.3 is 19.2 Å². The molecule has 0 bridgehead atoms. The van der Waals surface area contributed by atoms with Gasteiger partial charge >= 0.3 is 5.97 Å². The molecule has 1 aromatic carbocycles. The number of carbonyl (C=O) groups excluding carboxylic acids is 1. The summed E-state index contributed by atoms with van der Waals surface area (Å²) >= 11 is 5.39. The van der Waals surface area contributed by atoms with Crippen molar-refractivity contribution in [2.45, 2.75) is 6.92 Å². The molecule has 0 aliphatic carbocycles. The van der Waals surface area contributed by atoms with Crippen molar-refractivity contribution in [2.75, 3.05) is 11.9 Å². The number of anilines is 1. The van der Waals surface area contributed by atoms with E-state index in [1.807, 2.05) is 30.3 Å². The zero-order valence-electron chi connectivity index (χ0n) is 12.9. The first-order valence-electron chi connectivity index (χ1n) is 7.40. The molecule has 2 aromatic rings. The van der Waals surface area contributed by atoms with Gasteiger partial charge in [0.25, 0.3) is 0 Å². The number of nitrogens with one attached hydrogen (secondary N) is 1. The lowest BCUT2D eigenvalue weighted by atomic mass is 10.1. The van der Waals surface area contributed by atoms with Crippen LogP contribution in [-0.4, -0.2) is 17.4 Å². The molecular formula is C18H15NO4S. The number of para-hydroxylation sites is 1. The molecule has 5 nitrogen and oxygen atoms in total. The van der Waals surface area contributed by atoms with Crippen molar-refractivity contribution in [3.8, 4) is 0 Å². The fourth-order valence-electron chi connectivity index (χ4n) is 2.16. The normalized spacial score (nSPS) is 15.5. The van der Waals surface area contributed by atoms with Crippen LogP contribution in [0.3, 0.4) is 0 Å². The van der Waals surface area contributed by atoms with Crippen molar-refractivity contribution < 1.29 is 18.7 Å². The second kappa shape index (κ2) is 7.14. The number of allylic oxidation sites excluding steroid dienone is 1. The first-order valence-corrected chi connectivity index (χ1v) is 7.81. The van der Waals surface area contributed by atoms with E-state index in [0.29, 0.717) is 11.5 Å². The Hall–Kier alpha value is -2.86. The Morgan fingerprint density at radius 1 is 1.25 bits per heavy atom. The summed E-state index contributed by atoms with van der Waals surface area (Å²) in [5.41, 5.74) is 0.977. The van der Waals surface area contributed by atoms with Crippen LogP contribution in [0.4, 0.5) is 5.69 Å². The zero-order valence-corrected chi connectivity index (χ0v) is 13.8. The van der Waals surface area contributed by atoms with Crippen LogP contribution in [-0.2, 0) is 14.3 Å². The molecule has 0 amide bonds. The van der Waals surface area contributed by atoms with Crippen LogP contribution in [0, 0.1) is 0 Å². The number of carbonyl (C=O) groups is 1. The molecule has 1 aliphatic heterocycles. The lowest BCUT2D eigenvalue weighted by Crippen LogP contribution is -2.15. The van der Waals surface area contributed by atoms with Crippen molar-refractivity contribution in [3.05, 3.63) is 71.7 Å². The number of hydrogen-bond donors (Lipinski definition) is 1. The van der Waals surface area contributed by atoms with Crippen LogP contribution in [0.2, 0.25) is 0 Å². The van der Waals surface area contributed by atoms with Gasteiger partial charge in [-0.05, 0) is 31.2 Å². The molecule has 2 heterocycles. The average Bonchev–Trinajstić information content (AvgIpc) is 3.18. The van der Waals surface area contributed by atoms with Crippen molar-refractivity contribution >= 4 is 34.8 Å². The van der Waals surface area contributed by atoms with E-state index in [-0.39, 0.29) is 22.9 Å². The maximum atomic E-state index is 12.3. The van der Waals surface area contributed by atoms with Crippen molar-refractivity contribution in [2.24, 2.45) is 0 Å². The molecule has 1 aromatic heterocycles. The van der Waals surface area contributed by atoms with Crippen LogP contribution in [0.25, 0.3) is 6.08 Å². The van der Waals surface area contributed by atoms with Crippen LogP contribution in [0.5, 0.6) is 0 Å². The number of esters is 1. The third kappa shape index (κ3) is 3.38. The van der Waals surface area contributed by atoms with Gasteiger partial charge in [-0.2, -0.15) is 0 Å². The lowest BCUT2D eigenvalue weighted by Gasteiger charge is -2.08. The predicted molar refractivity (Wildman–Crippen MR) is 94.1 cm³/mol. The van der Waals surface area contributed by atoms with Gasteiger partial charge in [0.2, 0.25) is 5.88 Å². The van der Waals surface area contributed by atoms with Crippen molar-refractivity contribution in [1.82, 2.24) is 0 Å². The van der Waals surface area contributed by atoms with Crippen LogP contribution >= 0.6 is 12.2 Å². The minimum absolute atomic E-state index is 0.202. The Kier molecular flexibility index (Phi) is 4.77. The Balaban J connectivity index is 1.93. The second-order valence-electron chi connectivity index (χ2n) is 4.87. The van der Waals surface area contributed by atoms with E-state index < -0.39 is 5.97 Å². The summed E-state index contributed by atoms with van der Waals surface area (Å²) in [6.07, 6.45) is 3.19. The Labute approximate surface area is 144 Å². The Bertz CT molecular complexity index is 807. The molecule has 24 heavy (non-hydrogen) atoms. The minimum atomic E-state index is -0.524. The minimum Gasteiger partial charge on any atom is -0.465 e. The van der Waals surface area contributed by atoms with Crippen molar-refractivity contribution in [1.29, 1.82) is 0 Å². The molecule has 0 unspecified atom stereocenters. The van der Waals surface area contributed by atoms with E-state index in [2.05, 4.69) is 5.32 Å². The summed E-state index contributed by atoms with van der Waals surface area (Å²) in [4.78, 5) is 12.5. The molecule has 0 fully saturated rings. The molecule has 6 heteroatoms. The summed E-state index contributed by atoms with van der Waals surface area (Å²) < 4.78 is 16.1. The summed E-state index contributed by atoms with van der Waals surface area (Å²) in [7, 11) is 0. The number of furan rings is 1. The Morgan fingerprint density at radius 2 is 2.04 bits per heavy atom. The summed E-state index contributed by atoms with van der Waals surface area (Å²) in [6, 6.07) is 12.9. The van der Waals surface area contributed by atoms with Crippen LogP contribution in [0.1, 0.15) is 12.7 Å². The van der Waals surface area contributed by atoms with E-state index in [0.717, 1.165) is 5.69 Å². The molecule has 0 spiro atoms. The van der Waals surface area contributed by atoms with Crippen LogP contribution in [0.15, 0.2) is 70.4 Å². The van der Waals surface area contributed by atoms with Gasteiger partial charge in [0.15, 0.2) is 5.76 Å². The molecule has 122 valence electrons. The van der Waals surface area contributed by atoms with Gasteiger partial charge in [-0.25, -0.2) is 4.79 Å². The van der Waals surface area contributed by atoms with E-state index in [4.69, 9.17) is 26.1 Å². The molecule has 0 saturated carbocycles. The second-order valence-corrected chi connectivity index (χ2v) is 5.28. The molecule has 0 atom stereocenters. The quantitative estimate of drug-likeness (QED) is 0.505. The number of ether oxygens (including phenoxy) is 2. The Morgan fingerprint density at radius 3 is 2.71 bits per heavy atom. The largest absolute Gasteiger partial charge is 0.465 e. The van der Waals surface area contributed by atoms with Gasteiger partial charge in [0.1, 0.15) is 16.2 Å². The standard InChI is InChI=1S/C18H15NO4S/c1-2-21-18(20)15-16(24)14(11-13-9-6-10-22-13)23-17(15)19-12-7-4-3-5-8-12/h3-11,19H,2H2,1H3/b14-11-. The van der Waals surface area contributed by atoms with E-state index in [1.54, 1.807) is 31.4 Å². The molecule has 0 saturated heterocycles. The molecule has 1 aliphatic rings. The third-order valence-electron chi connectivity index (χ3n) is 3.22. The summed E-state index contributed by atoms with van der Waals surface area (Å²) in [6.45, 7) is 1.99. The third-order valence-corrected chi connectivity index (χ3v) is 3.62. The zero-order chi connectivity index (χ0) is 16.9. The van der Waals surface area contributed by atoms with Gasteiger partial charge in [-0.3, -0.25) is 0 Å². The maximum absolute atomic E-state index is 12.3. The molecule has 0 radical (unpaired) electrons.